The van der Waals surface area contributed by atoms with E-state index in [1.54, 1.807) is 13.0 Å². The van der Waals surface area contributed by atoms with E-state index in [9.17, 15) is 0 Å². The fourth-order valence-electron chi connectivity index (χ4n) is 0.523. The monoisotopic (exact) mass is 123 g/mol. The average molecular weight is 123 g/mol. The molecular formula is C5H5N3O. The first-order chi connectivity index (χ1) is 4.24. The molecular weight excluding hydrogens is 118 g/mol. The number of nitriles is 1. The molecule has 1 heterocycles. The molecule has 0 fully saturated rings. The van der Waals surface area contributed by atoms with Crippen molar-refractivity contribution in [1.29, 1.82) is 5.26 Å². The molecule has 2 N–H and O–H groups in total. The Balaban J connectivity index is 3.20. The summed E-state index contributed by atoms with van der Waals surface area (Å²) < 4.78 is 4.75. The molecule has 0 radical (unpaired) electrons. The highest BCUT2D eigenvalue weighted by atomic mass is 16.4. The maximum Gasteiger partial charge on any atom is 0.229 e. The summed E-state index contributed by atoms with van der Waals surface area (Å²) in [7, 11) is 0. The van der Waals surface area contributed by atoms with E-state index < -0.39 is 0 Å². The second kappa shape index (κ2) is 1.78. The van der Waals surface area contributed by atoms with E-state index in [-0.39, 0.29) is 11.6 Å². The van der Waals surface area contributed by atoms with Gasteiger partial charge >= 0.3 is 0 Å². The Labute approximate surface area is 51.9 Å². The van der Waals surface area contributed by atoms with Crippen LogP contribution >= 0.6 is 0 Å². The van der Waals surface area contributed by atoms with Crippen LogP contribution in [0.1, 0.15) is 11.6 Å². The Morgan fingerprint density at radius 3 is 2.67 bits per heavy atom. The third kappa shape index (κ3) is 0.842. The van der Waals surface area contributed by atoms with Crippen LogP contribution in [0, 0.1) is 18.3 Å². The van der Waals surface area contributed by atoms with Crippen molar-refractivity contribution >= 4 is 5.88 Å². The zero-order valence-corrected chi connectivity index (χ0v) is 4.88. The van der Waals surface area contributed by atoms with Gasteiger partial charge in [0.15, 0.2) is 5.89 Å². The predicted octanol–water partition coefficient (Wildman–Crippen LogP) is 0.437. The maximum atomic E-state index is 8.28. The number of aromatic nitrogens is 1. The molecule has 0 spiro atoms. The number of nitrogens with two attached hydrogens (primary N) is 1. The van der Waals surface area contributed by atoms with Gasteiger partial charge in [-0.1, -0.05) is 0 Å². The Morgan fingerprint density at radius 1 is 1.78 bits per heavy atom. The minimum atomic E-state index is 0.0926. The second-order valence-electron chi connectivity index (χ2n) is 1.56. The van der Waals surface area contributed by atoms with Crippen molar-refractivity contribution in [3.8, 4) is 6.07 Å². The number of hydrogen-bond donors (Lipinski definition) is 1. The van der Waals surface area contributed by atoms with E-state index >= 15 is 0 Å². The number of anilines is 1. The molecule has 0 aliphatic rings. The van der Waals surface area contributed by atoms with Crippen LogP contribution in [0.2, 0.25) is 0 Å². The largest absolute Gasteiger partial charge is 0.424 e. The Morgan fingerprint density at radius 2 is 2.44 bits per heavy atom. The van der Waals surface area contributed by atoms with Gasteiger partial charge in [-0.05, 0) is 0 Å². The van der Waals surface area contributed by atoms with Crippen molar-refractivity contribution in [2.75, 3.05) is 5.73 Å². The van der Waals surface area contributed by atoms with E-state index in [0.717, 1.165) is 0 Å². The number of rotatable bonds is 0. The lowest BCUT2D eigenvalue weighted by molar-refractivity contribution is 0.539. The molecule has 0 aliphatic heterocycles. The molecule has 0 saturated heterocycles. The first-order valence-electron chi connectivity index (χ1n) is 2.37. The molecule has 46 valence electrons. The molecule has 1 aromatic rings. The summed E-state index contributed by atoms with van der Waals surface area (Å²) in [4.78, 5) is 3.68. The number of aryl methyl sites for hydroxylation is 1. The summed E-state index contributed by atoms with van der Waals surface area (Å²) >= 11 is 0. The van der Waals surface area contributed by atoms with Gasteiger partial charge in [0.1, 0.15) is 6.07 Å². The topological polar surface area (TPSA) is 75.8 Å². The Kier molecular flexibility index (Phi) is 1.12. The van der Waals surface area contributed by atoms with Crippen molar-refractivity contribution in [2.24, 2.45) is 0 Å². The smallest absolute Gasteiger partial charge is 0.229 e. The SMILES string of the molecule is Cc1nc(C#N)c(N)o1. The summed E-state index contributed by atoms with van der Waals surface area (Å²) in [5.41, 5.74) is 5.36. The van der Waals surface area contributed by atoms with E-state index in [4.69, 9.17) is 15.4 Å². The van der Waals surface area contributed by atoms with Gasteiger partial charge in [0.25, 0.3) is 0 Å². The van der Waals surface area contributed by atoms with Crippen molar-refractivity contribution in [1.82, 2.24) is 4.98 Å². The number of nitrogens with zero attached hydrogens (tertiary/aromatic N) is 2. The summed E-state index contributed by atoms with van der Waals surface area (Å²) in [6.07, 6.45) is 0. The molecule has 0 aliphatic carbocycles. The average Bonchev–Trinajstić information content (AvgIpc) is 2.10. The Hall–Kier alpha value is -1.50. The molecule has 0 aromatic carbocycles. The minimum absolute atomic E-state index is 0.0926. The summed E-state index contributed by atoms with van der Waals surface area (Å²) in [6.45, 7) is 1.64. The normalized spacial score (nSPS) is 8.89. The minimum Gasteiger partial charge on any atom is -0.424 e. The highest BCUT2D eigenvalue weighted by Crippen LogP contribution is 2.09. The fraction of sp³-hybridized carbons (Fsp3) is 0.200. The van der Waals surface area contributed by atoms with Crippen LogP contribution in [0.25, 0.3) is 0 Å². The molecule has 0 unspecified atom stereocenters. The summed E-state index contributed by atoms with van der Waals surface area (Å²) in [5, 5.41) is 8.28. The predicted molar refractivity (Wildman–Crippen MR) is 30.4 cm³/mol. The van der Waals surface area contributed by atoms with Crippen molar-refractivity contribution in [3.05, 3.63) is 11.6 Å². The van der Waals surface area contributed by atoms with Crippen LogP contribution in [0.5, 0.6) is 0 Å². The van der Waals surface area contributed by atoms with Crippen LogP contribution < -0.4 is 5.73 Å². The van der Waals surface area contributed by atoms with E-state index in [1.165, 1.54) is 0 Å². The lowest BCUT2D eigenvalue weighted by Gasteiger charge is -1.76. The number of oxazole rings is 1. The van der Waals surface area contributed by atoms with Gasteiger partial charge in [0, 0.05) is 6.92 Å². The maximum absolute atomic E-state index is 8.28. The standard InChI is InChI=1S/C5H5N3O/c1-3-8-4(2-6)5(7)9-3/h7H2,1H3. The summed E-state index contributed by atoms with van der Waals surface area (Å²) in [5.74, 6) is 0.513. The van der Waals surface area contributed by atoms with Crippen molar-refractivity contribution in [2.45, 2.75) is 6.92 Å². The van der Waals surface area contributed by atoms with E-state index in [2.05, 4.69) is 4.98 Å². The zero-order valence-electron chi connectivity index (χ0n) is 4.88. The second-order valence-corrected chi connectivity index (χ2v) is 1.56. The molecule has 4 nitrogen and oxygen atoms in total. The van der Waals surface area contributed by atoms with Crippen molar-refractivity contribution in [3.63, 3.8) is 0 Å². The molecule has 1 rings (SSSR count). The first-order valence-corrected chi connectivity index (χ1v) is 2.37. The molecule has 0 bridgehead atoms. The number of hydrogen-bond acceptors (Lipinski definition) is 4. The molecule has 0 atom stereocenters. The quantitative estimate of drug-likeness (QED) is 0.543. The molecule has 0 amide bonds. The molecule has 1 aromatic heterocycles. The van der Waals surface area contributed by atoms with Gasteiger partial charge in [0.2, 0.25) is 11.6 Å². The highest BCUT2D eigenvalue weighted by Gasteiger charge is 2.03. The van der Waals surface area contributed by atoms with Crippen LogP contribution in [0.4, 0.5) is 5.88 Å². The molecule has 9 heavy (non-hydrogen) atoms. The fourth-order valence-corrected chi connectivity index (χ4v) is 0.523. The Bertz CT molecular complexity index is 258. The van der Waals surface area contributed by atoms with Crippen LogP contribution in [0.3, 0.4) is 0 Å². The molecule has 0 saturated carbocycles. The molecule has 4 heteroatoms. The van der Waals surface area contributed by atoms with E-state index in [0.29, 0.717) is 5.89 Å². The third-order valence-electron chi connectivity index (χ3n) is 0.866. The van der Waals surface area contributed by atoms with Gasteiger partial charge in [-0.2, -0.15) is 5.26 Å². The van der Waals surface area contributed by atoms with Gasteiger partial charge < -0.3 is 10.2 Å². The lowest BCUT2D eigenvalue weighted by Crippen LogP contribution is -1.83. The van der Waals surface area contributed by atoms with Crippen LogP contribution in [-0.2, 0) is 0 Å². The number of nitrogen functional groups attached to an aromatic ring is 1. The lowest BCUT2D eigenvalue weighted by atomic mass is 10.5. The summed E-state index contributed by atoms with van der Waals surface area (Å²) in [6, 6.07) is 1.79. The van der Waals surface area contributed by atoms with Gasteiger partial charge in [-0.15, -0.1) is 0 Å². The first kappa shape index (κ1) is 5.63. The van der Waals surface area contributed by atoms with Crippen LogP contribution in [-0.4, -0.2) is 4.98 Å². The van der Waals surface area contributed by atoms with E-state index in [1.807, 2.05) is 0 Å². The highest BCUT2D eigenvalue weighted by molar-refractivity contribution is 5.40. The van der Waals surface area contributed by atoms with Gasteiger partial charge in [-0.3, -0.25) is 0 Å². The van der Waals surface area contributed by atoms with Crippen LogP contribution in [0.15, 0.2) is 4.42 Å². The van der Waals surface area contributed by atoms with Gasteiger partial charge in [0.05, 0.1) is 0 Å². The zero-order chi connectivity index (χ0) is 6.85. The van der Waals surface area contributed by atoms with Crippen molar-refractivity contribution < 1.29 is 4.42 Å². The van der Waals surface area contributed by atoms with Gasteiger partial charge in [-0.25, -0.2) is 4.98 Å². The third-order valence-corrected chi connectivity index (χ3v) is 0.866.